The van der Waals surface area contributed by atoms with Crippen LogP contribution in [0.5, 0.6) is 0 Å². The maximum atomic E-state index is 12.3. The third-order valence-electron chi connectivity index (χ3n) is 3.36. The number of nitrogens with one attached hydrogen (secondary N) is 3. The Bertz CT molecular complexity index is 533. The highest BCUT2D eigenvalue weighted by molar-refractivity contribution is 7.99. The van der Waals surface area contributed by atoms with Crippen molar-refractivity contribution < 1.29 is 8.42 Å². The fraction of sp³-hybridized carbons (Fsp3) is 0.727. The van der Waals surface area contributed by atoms with Crippen molar-refractivity contribution in [2.24, 2.45) is 0 Å². The van der Waals surface area contributed by atoms with Gasteiger partial charge < -0.3 is 5.32 Å². The van der Waals surface area contributed by atoms with Crippen LogP contribution in [0.15, 0.2) is 11.2 Å². The van der Waals surface area contributed by atoms with Crippen LogP contribution in [0.3, 0.4) is 0 Å². The average molecular weight is 302 g/mol. The summed E-state index contributed by atoms with van der Waals surface area (Å²) in [6.45, 7) is 0.552. The SMILES string of the molecule is O=S(=O)(NC1CCSC1)c1[nH]ncc1CNC1CC1. The fourth-order valence-corrected chi connectivity index (χ4v) is 4.76. The second-order valence-corrected chi connectivity index (χ2v) is 7.86. The summed E-state index contributed by atoms with van der Waals surface area (Å²) in [5.74, 6) is 1.87. The smallest absolute Gasteiger partial charge is 0.258 e. The summed E-state index contributed by atoms with van der Waals surface area (Å²) in [4.78, 5) is 0. The molecule has 8 heteroatoms. The van der Waals surface area contributed by atoms with Gasteiger partial charge in [0, 0.05) is 29.9 Å². The molecule has 2 heterocycles. The van der Waals surface area contributed by atoms with E-state index in [0.717, 1.165) is 17.9 Å². The van der Waals surface area contributed by atoms with Gasteiger partial charge in [0.25, 0.3) is 10.0 Å². The molecular weight excluding hydrogens is 284 g/mol. The molecule has 1 unspecified atom stereocenters. The molecule has 1 atom stereocenters. The van der Waals surface area contributed by atoms with Crippen LogP contribution in [0.1, 0.15) is 24.8 Å². The molecule has 1 aromatic heterocycles. The predicted molar refractivity (Wildman–Crippen MR) is 74.5 cm³/mol. The molecular formula is C11H18N4O2S2. The lowest BCUT2D eigenvalue weighted by atomic mass is 10.3. The number of hydrogen-bond acceptors (Lipinski definition) is 5. The van der Waals surface area contributed by atoms with E-state index in [0.29, 0.717) is 18.2 Å². The van der Waals surface area contributed by atoms with Gasteiger partial charge in [-0.2, -0.15) is 16.9 Å². The predicted octanol–water partition coefficient (Wildman–Crippen LogP) is 0.445. The van der Waals surface area contributed by atoms with Gasteiger partial charge in [0.15, 0.2) is 5.03 Å². The van der Waals surface area contributed by atoms with Crippen molar-refractivity contribution in [3.63, 3.8) is 0 Å². The first-order valence-corrected chi connectivity index (χ1v) is 9.14. The van der Waals surface area contributed by atoms with E-state index in [2.05, 4.69) is 20.2 Å². The van der Waals surface area contributed by atoms with Crippen molar-refractivity contribution in [3.05, 3.63) is 11.8 Å². The number of hydrogen-bond donors (Lipinski definition) is 3. The quantitative estimate of drug-likeness (QED) is 0.710. The summed E-state index contributed by atoms with van der Waals surface area (Å²) in [5, 5.41) is 10.0. The first-order valence-electron chi connectivity index (χ1n) is 6.51. The summed E-state index contributed by atoms with van der Waals surface area (Å²) in [6.07, 6.45) is 4.84. The normalized spacial score (nSPS) is 23.9. The molecule has 0 spiro atoms. The molecule has 0 amide bonds. The molecule has 1 saturated heterocycles. The summed E-state index contributed by atoms with van der Waals surface area (Å²) in [7, 11) is -3.48. The Morgan fingerprint density at radius 1 is 1.37 bits per heavy atom. The third kappa shape index (κ3) is 3.31. The van der Waals surface area contributed by atoms with E-state index in [1.807, 2.05) is 0 Å². The maximum absolute atomic E-state index is 12.3. The Labute approximate surface area is 117 Å². The Morgan fingerprint density at radius 2 is 2.21 bits per heavy atom. The zero-order valence-electron chi connectivity index (χ0n) is 10.6. The zero-order valence-corrected chi connectivity index (χ0v) is 12.2. The Kier molecular flexibility index (Phi) is 3.84. The minimum atomic E-state index is -3.48. The van der Waals surface area contributed by atoms with E-state index >= 15 is 0 Å². The van der Waals surface area contributed by atoms with Crippen LogP contribution in [0, 0.1) is 0 Å². The minimum absolute atomic E-state index is 0.0440. The van der Waals surface area contributed by atoms with Gasteiger partial charge in [-0.3, -0.25) is 5.10 Å². The summed E-state index contributed by atoms with van der Waals surface area (Å²) in [5.41, 5.74) is 0.713. The van der Waals surface area contributed by atoms with Crippen molar-refractivity contribution >= 4 is 21.8 Å². The van der Waals surface area contributed by atoms with Gasteiger partial charge in [-0.25, -0.2) is 13.1 Å². The van der Waals surface area contributed by atoms with Crippen LogP contribution in [0.4, 0.5) is 0 Å². The van der Waals surface area contributed by atoms with E-state index < -0.39 is 10.0 Å². The number of rotatable bonds is 6. The van der Waals surface area contributed by atoms with Crippen LogP contribution < -0.4 is 10.0 Å². The van der Waals surface area contributed by atoms with Crippen molar-refractivity contribution in [2.75, 3.05) is 11.5 Å². The highest BCUT2D eigenvalue weighted by atomic mass is 32.2. The lowest BCUT2D eigenvalue weighted by Crippen LogP contribution is -2.35. The Hall–Kier alpha value is -0.570. The van der Waals surface area contributed by atoms with Gasteiger partial charge in [0.05, 0.1) is 6.20 Å². The second-order valence-electron chi connectivity index (χ2n) is 5.06. The van der Waals surface area contributed by atoms with E-state index in [1.165, 1.54) is 12.8 Å². The van der Waals surface area contributed by atoms with Crippen LogP contribution in [-0.4, -0.2) is 42.2 Å². The Balaban J connectivity index is 1.70. The van der Waals surface area contributed by atoms with E-state index in [-0.39, 0.29) is 11.1 Å². The third-order valence-corrected chi connectivity index (χ3v) is 6.05. The molecule has 1 aliphatic carbocycles. The van der Waals surface area contributed by atoms with Crippen molar-refractivity contribution in [1.82, 2.24) is 20.2 Å². The molecule has 2 aliphatic rings. The zero-order chi connectivity index (χ0) is 13.3. The fourth-order valence-electron chi connectivity index (χ4n) is 2.11. The monoisotopic (exact) mass is 302 g/mol. The molecule has 1 saturated carbocycles. The Morgan fingerprint density at radius 3 is 2.89 bits per heavy atom. The number of thioether (sulfide) groups is 1. The van der Waals surface area contributed by atoms with Gasteiger partial charge in [-0.15, -0.1) is 0 Å². The summed E-state index contributed by atoms with van der Waals surface area (Å²) in [6, 6.07) is 0.590. The molecule has 1 aromatic rings. The van der Waals surface area contributed by atoms with Crippen LogP contribution in [0.25, 0.3) is 0 Å². The van der Waals surface area contributed by atoms with Gasteiger partial charge in [0.1, 0.15) is 0 Å². The van der Waals surface area contributed by atoms with E-state index in [1.54, 1.807) is 18.0 Å². The topological polar surface area (TPSA) is 86.9 Å². The molecule has 106 valence electrons. The molecule has 0 bridgehead atoms. The summed E-state index contributed by atoms with van der Waals surface area (Å²) >= 11 is 1.78. The molecule has 3 rings (SSSR count). The van der Waals surface area contributed by atoms with Crippen molar-refractivity contribution in [1.29, 1.82) is 0 Å². The highest BCUT2D eigenvalue weighted by Crippen LogP contribution is 2.22. The van der Waals surface area contributed by atoms with Crippen LogP contribution in [0.2, 0.25) is 0 Å². The molecule has 2 fully saturated rings. The van der Waals surface area contributed by atoms with E-state index in [4.69, 9.17) is 0 Å². The maximum Gasteiger partial charge on any atom is 0.258 e. The highest BCUT2D eigenvalue weighted by Gasteiger charge is 2.27. The largest absolute Gasteiger partial charge is 0.310 e. The minimum Gasteiger partial charge on any atom is -0.310 e. The lowest BCUT2D eigenvalue weighted by molar-refractivity contribution is 0.556. The number of nitrogens with zero attached hydrogens (tertiary/aromatic N) is 1. The molecule has 1 aliphatic heterocycles. The second kappa shape index (κ2) is 5.43. The van der Waals surface area contributed by atoms with Gasteiger partial charge in [0.2, 0.25) is 0 Å². The standard InChI is InChI=1S/C11H18N4O2S2/c16-19(17,15-10-3-4-18-7-10)11-8(6-13-14-11)5-12-9-1-2-9/h6,9-10,12,15H,1-5,7H2,(H,13,14). The number of aromatic nitrogens is 2. The number of aromatic amines is 1. The van der Waals surface area contributed by atoms with Gasteiger partial charge in [-0.05, 0) is 25.0 Å². The summed E-state index contributed by atoms with van der Waals surface area (Å²) < 4.78 is 27.4. The van der Waals surface area contributed by atoms with Crippen molar-refractivity contribution in [3.8, 4) is 0 Å². The van der Waals surface area contributed by atoms with Crippen LogP contribution >= 0.6 is 11.8 Å². The number of H-pyrrole nitrogens is 1. The first kappa shape index (κ1) is 13.4. The number of sulfonamides is 1. The molecule has 0 radical (unpaired) electrons. The van der Waals surface area contributed by atoms with Crippen LogP contribution in [-0.2, 0) is 16.6 Å². The van der Waals surface area contributed by atoms with Gasteiger partial charge in [-0.1, -0.05) is 0 Å². The lowest BCUT2D eigenvalue weighted by Gasteiger charge is -2.12. The molecule has 0 aromatic carbocycles. The molecule has 19 heavy (non-hydrogen) atoms. The van der Waals surface area contributed by atoms with Gasteiger partial charge >= 0.3 is 0 Å². The van der Waals surface area contributed by atoms with Crippen molar-refractivity contribution in [2.45, 2.75) is 42.9 Å². The average Bonchev–Trinajstić information content (AvgIpc) is 2.87. The first-order chi connectivity index (χ1) is 9.15. The van der Waals surface area contributed by atoms with E-state index in [9.17, 15) is 8.42 Å². The molecule has 3 N–H and O–H groups in total. The molecule has 6 nitrogen and oxygen atoms in total.